The van der Waals surface area contributed by atoms with Crippen molar-refractivity contribution in [3.05, 3.63) is 24.5 Å². The number of carbonyl (C=O) groups is 1. The summed E-state index contributed by atoms with van der Waals surface area (Å²) < 4.78 is 0. The van der Waals surface area contributed by atoms with Gasteiger partial charge in [0.1, 0.15) is 0 Å². The minimum absolute atomic E-state index is 0.0859. The van der Waals surface area contributed by atoms with Crippen LogP contribution in [-0.4, -0.2) is 37.9 Å². The lowest BCUT2D eigenvalue weighted by Crippen LogP contribution is -2.39. The van der Waals surface area contributed by atoms with Crippen LogP contribution in [0, 0.1) is 11.8 Å². The number of nitrogens with one attached hydrogen (secondary N) is 2. The zero-order valence-corrected chi connectivity index (χ0v) is 13.6. The summed E-state index contributed by atoms with van der Waals surface area (Å²) in [6.45, 7) is 0. The van der Waals surface area contributed by atoms with E-state index in [9.17, 15) is 4.79 Å². The highest BCUT2D eigenvalue weighted by Gasteiger charge is 2.39. The van der Waals surface area contributed by atoms with Gasteiger partial charge in [-0.3, -0.25) is 14.9 Å². The Labute approximate surface area is 138 Å². The topological polar surface area (TPSA) is 83.6 Å². The van der Waals surface area contributed by atoms with Crippen LogP contribution in [0.3, 0.4) is 0 Å². The van der Waals surface area contributed by atoms with Crippen LogP contribution in [0.25, 0.3) is 11.4 Å². The minimum Gasteiger partial charge on any atom is -0.352 e. The Morgan fingerprint density at radius 1 is 1.30 bits per heavy atom. The van der Waals surface area contributed by atoms with Crippen molar-refractivity contribution < 1.29 is 4.79 Å². The van der Waals surface area contributed by atoms with Gasteiger partial charge in [-0.2, -0.15) is 0 Å². The molecule has 2 heterocycles. The average Bonchev–Trinajstić information content (AvgIpc) is 3.30. The fraction of sp³-hybridized carbons (Fsp3) is 0.500. The Bertz CT molecular complexity index is 689. The van der Waals surface area contributed by atoms with Crippen LogP contribution in [0.15, 0.2) is 29.7 Å². The van der Waals surface area contributed by atoms with E-state index in [0.717, 1.165) is 17.9 Å². The quantitative estimate of drug-likeness (QED) is 0.822. The summed E-state index contributed by atoms with van der Waals surface area (Å²) in [6.07, 6.45) is 8.52. The minimum atomic E-state index is 0.0859. The smallest absolute Gasteiger partial charge is 0.230 e. The van der Waals surface area contributed by atoms with Crippen molar-refractivity contribution in [2.75, 3.05) is 5.75 Å². The molecule has 2 aromatic heterocycles. The van der Waals surface area contributed by atoms with Gasteiger partial charge in [0.2, 0.25) is 11.1 Å². The summed E-state index contributed by atoms with van der Waals surface area (Å²) in [6, 6.07) is 4.13. The number of thioether (sulfide) groups is 1. The van der Waals surface area contributed by atoms with Crippen LogP contribution in [-0.2, 0) is 4.79 Å². The molecule has 0 radical (unpaired) electrons. The van der Waals surface area contributed by atoms with Gasteiger partial charge in [-0.15, -0.1) is 5.10 Å². The molecule has 120 valence electrons. The largest absolute Gasteiger partial charge is 0.352 e. The SMILES string of the molecule is O=C(CSc1n[nH]c(-c2ccncc2)n1)N[C@H]1C[C@@H]2CC[C@@H]1C2. The lowest BCUT2D eigenvalue weighted by atomic mass is 9.95. The number of rotatable bonds is 5. The van der Waals surface area contributed by atoms with E-state index in [2.05, 4.69) is 25.5 Å². The van der Waals surface area contributed by atoms with Gasteiger partial charge >= 0.3 is 0 Å². The third-order valence-electron chi connectivity index (χ3n) is 4.84. The molecule has 0 aromatic carbocycles. The predicted molar refractivity (Wildman–Crippen MR) is 87.7 cm³/mol. The van der Waals surface area contributed by atoms with Crippen LogP contribution in [0.4, 0.5) is 0 Å². The fourth-order valence-corrected chi connectivity index (χ4v) is 4.36. The first-order valence-corrected chi connectivity index (χ1v) is 9.01. The molecule has 2 saturated carbocycles. The van der Waals surface area contributed by atoms with E-state index in [4.69, 9.17) is 0 Å². The molecule has 6 nitrogen and oxygen atoms in total. The van der Waals surface area contributed by atoms with Crippen LogP contribution in [0.2, 0.25) is 0 Å². The number of aromatic nitrogens is 4. The third-order valence-corrected chi connectivity index (χ3v) is 5.68. The first kappa shape index (κ1) is 14.7. The van der Waals surface area contributed by atoms with Gasteiger partial charge < -0.3 is 5.32 Å². The van der Waals surface area contributed by atoms with Gasteiger partial charge in [0.25, 0.3) is 0 Å². The lowest BCUT2D eigenvalue weighted by Gasteiger charge is -2.22. The molecule has 2 aliphatic rings. The molecule has 4 rings (SSSR count). The van der Waals surface area contributed by atoms with Gasteiger partial charge in [-0.25, -0.2) is 4.98 Å². The second kappa shape index (κ2) is 6.31. The second-order valence-corrected chi connectivity index (χ2v) is 7.28. The van der Waals surface area contributed by atoms with Crippen molar-refractivity contribution in [3.63, 3.8) is 0 Å². The molecule has 2 aromatic rings. The molecule has 7 heteroatoms. The number of aromatic amines is 1. The van der Waals surface area contributed by atoms with Crippen molar-refractivity contribution in [3.8, 4) is 11.4 Å². The van der Waals surface area contributed by atoms with Crippen molar-refractivity contribution in [2.45, 2.75) is 36.9 Å². The molecule has 0 aliphatic heterocycles. The number of hydrogen-bond donors (Lipinski definition) is 2. The number of fused-ring (bicyclic) bond motifs is 2. The summed E-state index contributed by atoms with van der Waals surface area (Å²) in [5.41, 5.74) is 0.936. The van der Waals surface area contributed by atoms with Gasteiger partial charge in [0.05, 0.1) is 5.75 Å². The highest BCUT2D eigenvalue weighted by molar-refractivity contribution is 7.99. The first-order chi connectivity index (χ1) is 11.3. The van der Waals surface area contributed by atoms with E-state index < -0.39 is 0 Å². The average molecular weight is 329 g/mol. The number of carbonyl (C=O) groups excluding carboxylic acids is 1. The number of nitrogens with zero attached hydrogens (tertiary/aromatic N) is 3. The van der Waals surface area contributed by atoms with Crippen LogP contribution >= 0.6 is 11.8 Å². The van der Waals surface area contributed by atoms with Crippen molar-refractivity contribution >= 4 is 17.7 Å². The molecule has 0 saturated heterocycles. The highest BCUT2D eigenvalue weighted by Crippen LogP contribution is 2.44. The Balaban J connectivity index is 1.29. The van der Waals surface area contributed by atoms with E-state index >= 15 is 0 Å². The predicted octanol–water partition coefficient (Wildman–Crippen LogP) is 2.26. The van der Waals surface area contributed by atoms with E-state index in [1.807, 2.05) is 12.1 Å². The Morgan fingerprint density at radius 3 is 2.91 bits per heavy atom. The maximum Gasteiger partial charge on any atom is 0.230 e. The summed E-state index contributed by atoms with van der Waals surface area (Å²) in [5, 5.41) is 10.8. The number of hydrogen-bond acceptors (Lipinski definition) is 5. The number of H-pyrrole nitrogens is 1. The first-order valence-electron chi connectivity index (χ1n) is 8.03. The summed E-state index contributed by atoms with van der Waals surface area (Å²) in [5.74, 6) is 2.69. The highest BCUT2D eigenvalue weighted by atomic mass is 32.2. The standard InChI is InChI=1S/C16H19N5OS/c22-14(18-13-8-10-1-2-12(13)7-10)9-23-16-19-15(20-21-16)11-3-5-17-6-4-11/h3-6,10,12-13H,1-2,7-9H2,(H,18,22)(H,19,20,21)/t10-,12-,13+/m1/s1. The third kappa shape index (κ3) is 3.24. The summed E-state index contributed by atoms with van der Waals surface area (Å²) in [7, 11) is 0. The summed E-state index contributed by atoms with van der Waals surface area (Å²) >= 11 is 1.37. The van der Waals surface area contributed by atoms with E-state index in [1.165, 1.54) is 31.0 Å². The monoisotopic (exact) mass is 329 g/mol. The molecule has 0 unspecified atom stereocenters. The molecule has 2 N–H and O–H groups in total. The maximum atomic E-state index is 12.1. The van der Waals surface area contributed by atoms with Gasteiger partial charge in [0, 0.05) is 24.0 Å². The van der Waals surface area contributed by atoms with Crippen LogP contribution in [0.5, 0.6) is 0 Å². The zero-order chi connectivity index (χ0) is 15.6. The van der Waals surface area contributed by atoms with Gasteiger partial charge in [-0.1, -0.05) is 18.2 Å². The molecular weight excluding hydrogens is 310 g/mol. The lowest BCUT2D eigenvalue weighted by molar-refractivity contribution is -0.119. The molecule has 0 spiro atoms. The molecule has 23 heavy (non-hydrogen) atoms. The van der Waals surface area contributed by atoms with Crippen molar-refractivity contribution in [1.29, 1.82) is 0 Å². The van der Waals surface area contributed by atoms with Crippen molar-refractivity contribution in [1.82, 2.24) is 25.5 Å². The Morgan fingerprint density at radius 2 is 2.17 bits per heavy atom. The van der Waals surface area contributed by atoms with E-state index in [0.29, 0.717) is 28.7 Å². The normalized spacial score (nSPS) is 25.7. The summed E-state index contributed by atoms with van der Waals surface area (Å²) in [4.78, 5) is 20.5. The fourth-order valence-electron chi connectivity index (χ4n) is 3.75. The van der Waals surface area contributed by atoms with E-state index in [-0.39, 0.29) is 5.91 Å². The molecule has 2 fully saturated rings. The Kier molecular flexibility index (Phi) is 4.03. The Hall–Kier alpha value is -1.89. The van der Waals surface area contributed by atoms with E-state index in [1.54, 1.807) is 12.4 Å². The van der Waals surface area contributed by atoms with Crippen molar-refractivity contribution in [2.24, 2.45) is 11.8 Å². The zero-order valence-electron chi connectivity index (χ0n) is 12.7. The number of amides is 1. The molecular formula is C16H19N5OS. The van der Waals surface area contributed by atoms with Crippen LogP contribution < -0.4 is 5.32 Å². The number of pyridine rings is 1. The second-order valence-electron chi connectivity index (χ2n) is 6.34. The van der Waals surface area contributed by atoms with Gasteiger partial charge in [-0.05, 0) is 43.2 Å². The molecule has 1 amide bonds. The maximum absolute atomic E-state index is 12.1. The van der Waals surface area contributed by atoms with Gasteiger partial charge in [0.15, 0.2) is 5.82 Å². The molecule has 2 bridgehead atoms. The molecule has 2 aliphatic carbocycles. The molecule has 3 atom stereocenters. The van der Waals surface area contributed by atoms with Crippen LogP contribution in [0.1, 0.15) is 25.7 Å².